The van der Waals surface area contributed by atoms with Crippen molar-refractivity contribution in [2.45, 2.75) is 30.0 Å². The summed E-state index contributed by atoms with van der Waals surface area (Å²) in [6.07, 6.45) is 1.57. The maximum absolute atomic E-state index is 14.7. The van der Waals surface area contributed by atoms with Crippen LogP contribution in [0.15, 0.2) is 59.9 Å². The molecule has 2 aliphatic rings. The number of aromatic nitrogens is 2. The van der Waals surface area contributed by atoms with Gasteiger partial charge in [-0.3, -0.25) is 0 Å². The Morgan fingerprint density at radius 2 is 1.75 bits per heavy atom. The van der Waals surface area contributed by atoms with E-state index in [0.29, 0.717) is 10.8 Å². The number of halogens is 4. The highest BCUT2D eigenvalue weighted by Gasteiger charge is 2.39. The van der Waals surface area contributed by atoms with Gasteiger partial charge in [-0.25, -0.2) is 22.6 Å². The maximum Gasteiger partial charge on any atom is 0.490 e. The number of anilines is 1. The third kappa shape index (κ3) is 5.08. The Morgan fingerprint density at radius 3 is 2.36 bits per heavy atom. The van der Waals surface area contributed by atoms with Crippen molar-refractivity contribution in [1.29, 1.82) is 0 Å². The number of imidazole rings is 1. The summed E-state index contributed by atoms with van der Waals surface area (Å²) in [5.41, 5.74) is 3.62. The van der Waals surface area contributed by atoms with Crippen molar-refractivity contribution in [2.75, 3.05) is 24.2 Å². The summed E-state index contributed by atoms with van der Waals surface area (Å²) in [6, 6.07) is 12.3. The average Bonchev–Trinajstić information content (AvgIpc) is 3.40. The van der Waals surface area contributed by atoms with E-state index in [0.717, 1.165) is 48.4 Å². The molecule has 7 nitrogen and oxygen atoms in total. The topological polar surface area (TPSA) is 92.5 Å². The molecule has 12 heteroatoms. The van der Waals surface area contributed by atoms with Crippen LogP contribution in [0.2, 0.25) is 0 Å². The Labute approximate surface area is 204 Å². The fraction of sp³-hybridized carbons (Fsp3) is 0.333. The van der Waals surface area contributed by atoms with E-state index in [1.54, 1.807) is 30.6 Å². The highest BCUT2D eigenvalue weighted by Crippen LogP contribution is 2.46. The average molecular weight is 526 g/mol. The second-order valence-corrected chi connectivity index (χ2v) is 10.7. The van der Waals surface area contributed by atoms with E-state index in [-0.39, 0.29) is 11.9 Å². The van der Waals surface area contributed by atoms with Crippen LogP contribution in [0.3, 0.4) is 0 Å². The molecule has 1 atom stereocenters. The van der Waals surface area contributed by atoms with Crippen molar-refractivity contribution in [3.8, 4) is 11.3 Å². The minimum atomic E-state index is -5.08. The van der Waals surface area contributed by atoms with Gasteiger partial charge >= 0.3 is 12.1 Å². The monoisotopic (exact) mass is 525 g/mol. The first-order valence-electron chi connectivity index (χ1n) is 11.0. The molecule has 3 aromatic rings. The Balaban J connectivity index is 0.000000384. The lowest BCUT2D eigenvalue weighted by Crippen LogP contribution is -2.36. The van der Waals surface area contributed by atoms with E-state index in [1.807, 2.05) is 18.3 Å². The van der Waals surface area contributed by atoms with Gasteiger partial charge in [0, 0.05) is 36.2 Å². The molecule has 0 saturated carbocycles. The van der Waals surface area contributed by atoms with Gasteiger partial charge in [-0.15, -0.1) is 0 Å². The number of nitrogens with zero attached hydrogens (tertiary/aromatic N) is 3. The summed E-state index contributed by atoms with van der Waals surface area (Å²) < 4.78 is 72.3. The fourth-order valence-electron chi connectivity index (χ4n) is 4.78. The zero-order valence-electron chi connectivity index (χ0n) is 19.1. The second-order valence-electron chi connectivity index (χ2n) is 8.73. The van der Waals surface area contributed by atoms with Crippen LogP contribution in [0, 0.1) is 11.7 Å². The molecule has 1 saturated heterocycles. The Kier molecular flexibility index (Phi) is 6.82. The number of alkyl halides is 3. The van der Waals surface area contributed by atoms with Crippen molar-refractivity contribution in [3.05, 3.63) is 66.4 Å². The molecule has 0 aliphatic carbocycles. The van der Waals surface area contributed by atoms with Crippen LogP contribution in [-0.4, -0.2) is 54.6 Å². The molecule has 2 aliphatic heterocycles. The predicted octanol–water partition coefficient (Wildman–Crippen LogP) is 4.55. The molecule has 36 heavy (non-hydrogen) atoms. The van der Waals surface area contributed by atoms with E-state index in [2.05, 4.69) is 14.5 Å². The Hall–Kier alpha value is -3.41. The number of rotatable bonds is 3. The van der Waals surface area contributed by atoms with Crippen molar-refractivity contribution in [1.82, 2.24) is 9.55 Å². The normalized spacial score (nSPS) is 17.7. The number of hydrogen-bond donors (Lipinski definition) is 1. The van der Waals surface area contributed by atoms with Crippen LogP contribution >= 0.6 is 0 Å². The van der Waals surface area contributed by atoms with Crippen LogP contribution < -0.4 is 4.90 Å². The van der Waals surface area contributed by atoms with Gasteiger partial charge in [-0.1, -0.05) is 18.2 Å². The van der Waals surface area contributed by atoms with Gasteiger partial charge in [-0.05, 0) is 43.0 Å². The number of sulfone groups is 1. The van der Waals surface area contributed by atoms with Crippen LogP contribution in [-0.2, 0) is 14.6 Å². The highest BCUT2D eigenvalue weighted by molar-refractivity contribution is 7.90. The van der Waals surface area contributed by atoms with Gasteiger partial charge in [0.2, 0.25) is 0 Å². The van der Waals surface area contributed by atoms with E-state index >= 15 is 0 Å². The molecule has 0 bridgehead atoms. The van der Waals surface area contributed by atoms with E-state index in [9.17, 15) is 26.0 Å². The van der Waals surface area contributed by atoms with Crippen LogP contribution in [0.1, 0.15) is 24.4 Å². The smallest absolute Gasteiger partial charge is 0.475 e. The summed E-state index contributed by atoms with van der Waals surface area (Å²) in [6.45, 7) is 1.62. The minimum absolute atomic E-state index is 0.0341. The SMILES string of the molecule is CS(=O)(=O)c1cccc(N2CCC(C3c4c(F)cccc4-c4cncn43)CC2)c1.O=C(O)C(F)(F)F. The largest absolute Gasteiger partial charge is 0.490 e. The summed E-state index contributed by atoms with van der Waals surface area (Å²) in [4.78, 5) is 15.7. The number of hydrogen-bond acceptors (Lipinski definition) is 5. The third-order valence-electron chi connectivity index (χ3n) is 6.43. The zero-order chi connectivity index (χ0) is 26.3. The van der Waals surface area contributed by atoms with E-state index in [4.69, 9.17) is 9.90 Å². The molecule has 192 valence electrons. The first kappa shape index (κ1) is 25.7. The Bertz CT molecular complexity index is 1380. The molecule has 1 unspecified atom stereocenters. The second kappa shape index (κ2) is 9.57. The number of fused-ring (bicyclic) bond motifs is 3. The molecule has 0 radical (unpaired) electrons. The Morgan fingerprint density at radius 1 is 1.11 bits per heavy atom. The number of piperidine rings is 1. The minimum Gasteiger partial charge on any atom is -0.475 e. The van der Waals surface area contributed by atoms with Gasteiger partial charge in [0.25, 0.3) is 0 Å². The molecule has 2 aromatic carbocycles. The quantitative estimate of drug-likeness (QED) is 0.505. The van der Waals surface area contributed by atoms with Gasteiger partial charge in [0.1, 0.15) is 5.82 Å². The summed E-state index contributed by atoms with van der Waals surface area (Å²) >= 11 is 0. The van der Waals surface area contributed by atoms with Crippen molar-refractivity contribution in [3.63, 3.8) is 0 Å². The first-order chi connectivity index (χ1) is 16.9. The number of carbonyl (C=O) groups is 1. The molecular formula is C24H23F4N3O4S. The van der Waals surface area contributed by atoms with Crippen molar-refractivity contribution in [2.24, 2.45) is 5.92 Å². The lowest BCUT2D eigenvalue weighted by atomic mass is 9.85. The molecule has 1 aromatic heterocycles. The fourth-order valence-corrected chi connectivity index (χ4v) is 5.44. The molecule has 1 fully saturated rings. The number of aliphatic carboxylic acids is 1. The molecular weight excluding hydrogens is 502 g/mol. The standard InChI is InChI=1S/C22H22FN3O2S.C2HF3O2/c1-29(27,28)17-5-2-4-16(12-17)25-10-8-15(9-11-25)22-21-18(6-3-7-19(21)23)20-13-24-14-26(20)22;3-2(4,5)1(6)7/h2-7,12-15,22H,8-11H2,1H3;(H,6,7). The number of benzene rings is 2. The number of carboxylic acid groups (broad SMARTS) is 1. The molecule has 3 heterocycles. The highest BCUT2D eigenvalue weighted by atomic mass is 32.2. The zero-order valence-corrected chi connectivity index (χ0v) is 19.9. The van der Waals surface area contributed by atoms with Crippen LogP contribution in [0.4, 0.5) is 23.2 Å². The lowest BCUT2D eigenvalue weighted by molar-refractivity contribution is -0.192. The van der Waals surface area contributed by atoms with Crippen LogP contribution in [0.25, 0.3) is 11.3 Å². The lowest BCUT2D eigenvalue weighted by Gasteiger charge is -2.37. The van der Waals surface area contributed by atoms with Crippen LogP contribution in [0.5, 0.6) is 0 Å². The maximum atomic E-state index is 14.7. The number of carboxylic acids is 1. The van der Waals surface area contributed by atoms with Gasteiger partial charge in [0.15, 0.2) is 9.84 Å². The predicted molar refractivity (Wildman–Crippen MR) is 124 cm³/mol. The molecule has 5 rings (SSSR count). The summed E-state index contributed by atoms with van der Waals surface area (Å²) in [5, 5.41) is 7.12. The van der Waals surface area contributed by atoms with Gasteiger partial charge in [0.05, 0.1) is 29.2 Å². The van der Waals surface area contributed by atoms with Gasteiger partial charge in [-0.2, -0.15) is 13.2 Å². The van der Waals surface area contributed by atoms with Crippen molar-refractivity contribution >= 4 is 21.5 Å². The molecule has 1 N–H and O–H groups in total. The summed E-state index contributed by atoms with van der Waals surface area (Å²) in [7, 11) is -3.23. The van der Waals surface area contributed by atoms with E-state index in [1.165, 1.54) is 12.3 Å². The van der Waals surface area contributed by atoms with E-state index < -0.39 is 22.0 Å². The molecule has 0 amide bonds. The van der Waals surface area contributed by atoms with Gasteiger partial charge < -0.3 is 14.6 Å². The van der Waals surface area contributed by atoms with Crippen molar-refractivity contribution < 1.29 is 35.9 Å². The molecule has 0 spiro atoms. The third-order valence-corrected chi connectivity index (χ3v) is 7.54. The summed E-state index contributed by atoms with van der Waals surface area (Å²) in [5.74, 6) is -2.61. The first-order valence-corrected chi connectivity index (χ1v) is 12.9.